The number of likely N-dealkylation sites (N-methyl/N-ethyl adjacent to an activating group) is 1. The molecule has 1 unspecified atom stereocenters. The van der Waals surface area contributed by atoms with Gasteiger partial charge < -0.3 is 31.7 Å². The minimum absolute atomic E-state index is 0.103. The number of ether oxygens (including phenoxy) is 1. The van der Waals surface area contributed by atoms with Gasteiger partial charge in [0, 0.05) is 18.7 Å². The first-order chi connectivity index (χ1) is 16.8. The van der Waals surface area contributed by atoms with Crippen molar-refractivity contribution in [3.05, 3.63) is 29.8 Å². The number of carbonyl (C=O) groups is 4. The fourth-order valence-electron chi connectivity index (χ4n) is 2.74. The Bertz CT molecular complexity index is 755. The van der Waals surface area contributed by atoms with Crippen LogP contribution in [0.4, 0.5) is 10.5 Å². The Balaban J connectivity index is 0.00000365. The molecule has 0 aliphatic heterocycles. The fourth-order valence-corrected chi connectivity index (χ4v) is 2.74. The van der Waals surface area contributed by atoms with Gasteiger partial charge in [0.1, 0.15) is 12.6 Å². The predicted molar refractivity (Wildman–Crippen MR) is 138 cm³/mol. The Labute approximate surface area is 209 Å². The van der Waals surface area contributed by atoms with Crippen LogP contribution in [0.2, 0.25) is 0 Å². The molecule has 0 radical (unpaired) electrons. The number of rotatable bonds is 15. The Morgan fingerprint density at radius 3 is 2.23 bits per heavy atom. The Hall–Kier alpha value is -3.14. The van der Waals surface area contributed by atoms with Crippen molar-refractivity contribution in [1.29, 1.82) is 0 Å². The van der Waals surface area contributed by atoms with E-state index >= 15 is 0 Å². The standard InChI is InChI=1S/C22H35N5O5.C3H8/c1-3-5-8-20(29)32-15-16-9-11-17(12-10-16)26-21(30)18(7-6-13-25-22(23)31)27-19(28)14-24-4-2;1-3-2/h9-12,18,24H,3-8,13-15H2,1-2H3,(H,26,30)(H,27,28)(H3,23,25,31);3H2,1-2H3. The molecule has 10 nitrogen and oxygen atoms in total. The highest BCUT2D eigenvalue weighted by Gasteiger charge is 2.20. The molecule has 0 saturated carbocycles. The van der Waals surface area contributed by atoms with Gasteiger partial charge in [0.25, 0.3) is 0 Å². The number of esters is 1. The van der Waals surface area contributed by atoms with E-state index < -0.39 is 12.1 Å². The molecule has 10 heteroatoms. The van der Waals surface area contributed by atoms with Crippen LogP contribution in [0.15, 0.2) is 24.3 Å². The molecule has 0 bridgehead atoms. The van der Waals surface area contributed by atoms with Crippen LogP contribution in [0.25, 0.3) is 0 Å². The van der Waals surface area contributed by atoms with Crippen molar-refractivity contribution in [2.75, 3.05) is 25.0 Å². The molecule has 0 aliphatic rings. The van der Waals surface area contributed by atoms with Crippen molar-refractivity contribution in [2.45, 2.75) is 78.9 Å². The van der Waals surface area contributed by atoms with E-state index in [0.29, 0.717) is 38.0 Å². The molecule has 0 fully saturated rings. The van der Waals surface area contributed by atoms with Gasteiger partial charge in [-0.15, -0.1) is 0 Å². The van der Waals surface area contributed by atoms with Gasteiger partial charge in [-0.1, -0.05) is 52.7 Å². The van der Waals surface area contributed by atoms with Crippen LogP contribution in [0.3, 0.4) is 0 Å². The highest BCUT2D eigenvalue weighted by atomic mass is 16.5. The number of hydrogen-bond acceptors (Lipinski definition) is 6. The van der Waals surface area contributed by atoms with Gasteiger partial charge in [0.05, 0.1) is 6.54 Å². The number of unbranched alkanes of at least 4 members (excludes halogenated alkanes) is 1. The first-order valence-corrected chi connectivity index (χ1v) is 12.4. The number of primary amides is 1. The number of anilines is 1. The van der Waals surface area contributed by atoms with Crippen LogP contribution in [-0.4, -0.2) is 49.5 Å². The van der Waals surface area contributed by atoms with Gasteiger partial charge in [-0.2, -0.15) is 0 Å². The smallest absolute Gasteiger partial charge is 0.312 e. The number of benzene rings is 1. The van der Waals surface area contributed by atoms with Crippen LogP contribution in [-0.2, 0) is 25.7 Å². The van der Waals surface area contributed by atoms with Crippen molar-refractivity contribution in [1.82, 2.24) is 16.0 Å². The Morgan fingerprint density at radius 1 is 1.00 bits per heavy atom. The van der Waals surface area contributed by atoms with Gasteiger partial charge in [-0.25, -0.2) is 4.79 Å². The van der Waals surface area contributed by atoms with Crippen molar-refractivity contribution in [3.63, 3.8) is 0 Å². The number of urea groups is 1. The number of nitrogens with two attached hydrogens (primary N) is 1. The van der Waals surface area contributed by atoms with Crippen molar-refractivity contribution >= 4 is 29.5 Å². The lowest BCUT2D eigenvalue weighted by atomic mass is 10.1. The molecule has 35 heavy (non-hydrogen) atoms. The molecule has 4 amide bonds. The zero-order valence-electron chi connectivity index (χ0n) is 21.6. The third-order valence-corrected chi connectivity index (χ3v) is 4.51. The summed E-state index contributed by atoms with van der Waals surface area (Å²) in [5.74, 6) is -0.894. The zero-order valence-corrected chi connectivity index (χ0v) is 21.6. The van der Waals surface area contributed by atoms with E-state index in [0.717, 1.165) is 18.4 Å². The fraction of sp³-hybridized carbons (Fsp3) is 0.600. The summed E-state index contributed by atoms with van der Waals surface area (Å²) in [4.78, 5) is 47.2. The molecule has 1 aromatic rings. The monoisotopic (exact) mass is 493 g/mol. The minimum atomic E-state index is -0.768. The summed E-state index contributed by atoms with van der Waals surface area (Å²) >= 11 is 0. The maximum absolute atomic E-state index is 12.7. The zero-order chi connectivity index (χ0) is 26.5. The number of carbonyl (C=O) groups excluding carboxylic acids is 4. The minimum Gasteiger partial charge on any atom is -0.461 e. The lowest BCUT2D eigenvalue weighted by Gasteiger charge is -2.19. The summed E-state index contributed by atoms with van der Waals surface area (Å²) in [6, 6.07) is 5.53. The normalized spacial score (nSPS) is 10.9. The quantitative estimate of drug-likeness (QED) is 0.187. The molecule has 6 N–H and O–H groups in total. The van der Waals surface area contributed by atoms with E-state index in [-0.39, 0.29) is 30.9 Å². The predicted octanol–water partition coefficient (Wildman–Crippen LogP) is 2.82. The van der Waals surface area contributed by atoms with Crippen molar-refractivity contribution in [3.8, 4) is 0 Å². The van der Waals surface area contributed by atoms with Gasteiger partial charge in [0.2, 0.25) is 11.8 Å². The molecule has 0 saturated heterocycles. The molecule has 1 aromatic carbocycles. The van der Waals surface area contributed by atoms with E-state index in [2.05, 4.69) is 35.1 Å². The second-order valence-corrected chi connectivity index (χ2v) is 7.99. The number of hydrogen-bond donors (Lipinski definition) is 5. The van der Waals surface area contributed by atoms with Gasteiger partial charge in [0.15, 0.2) is 0 Å². The summed E-state index contributed by atoms with van der Waals surface area (Å²) in [6.07, 6.45) is 4.18. The van der Waals surface area contributed by atoms with E-state index in [9.17, 15) is 19.2 Å². The van der Waals surface area contributed by atoms with Crippen LogP contribution < -0.4 is 27.0 Å². The maximum Gasteiger partial charge on any atom is 0.312 e. The summed E-state index contributed by atoms with van der Waals surface area (Å²) in [7, 11) is 0. The third kappa shape index (κ3) is 17.0. The van der Waals surface area contributed by atoms with Crippen LogP contribution in [0.1, 0.15) is 71.8 Å². The molecule has 0 spiro atoms. The Morgan fingerprint density at radius 2 is 1.66 bits per heavy atom. The van der Waals surface area contributed by atoms with Gasteiger partial charge >= 0.3 is 12.0 Å². The molecular formula is C25H43N5O5. The third-order valence-electron chi connectivity index (χ3n) is 4.51. The lowest BCUT2D eigenvalue weighted by molar-refractivity contribution is -0.145. The van der Waals surface area contributed by atoms with Crippen molar-refractivity contribution < 1.29 is 23.9 Å². The summed E-state index contributed by atoms with van der Waals surface area (Å²) in [5.41, 5.74) is 6.40. The highest BCUT2D eigenvalue weighted by molar-refractivity contribution is 5.97. The number of nitrogens with one attached hydrogen (secondary N) is 4. The van der Waals surface area contributed by atoms with Crippen molar-refractivity contribution in [2.24, 2.45) is 5.73 Å². The molecule has 0 aliphatic carbocycles. The van der Waals surface area contributed by atoms with Crippen LogP contribution in [0, 0.1) is 0 Å². The van der Waals surface area contributed by atoms with Gasteiger partial charge in [-0.05, 0) is 43.5 Å². The van der Waals surface area contributed by atoms with Crippen LogP contribution >= 0.6 is 0 Å². The van der Waals surface area contributed by atoms with E-state index in [1.165, 1.54) is 6.42 Å². The largest absolute Gasteiger partial charge is 0.461 e. The average molecular weight is 494 g/mol. The number of amides is 4. The van der Waals surface area contributed by atoms with Crippen LogP contribution in [0.5, 0.6) is 0 Å². The average Bonchev–Trinajstić information content (AvgIpc) is 2.83. The van der Waals surface area contributed by atoms with E-state index in [1.54, 1.807) is 24.3 Å². The molecule has 0 heterocycles. The second kappa shape index (κ2) is 20.3. The summed E-state index contributed by atoms with van der Waals surface area (Å²) in [5, 5.41) is 10.9. The van der Waals surface area contributed by atoms with Gasteiger partial charge in [-0.3, -0.25) is 14.4 Å². The first-order valence-electron chi connectivity index (χ1n) is 12.4. The summed E-state index contributed by atoms with van der Waals surface area (Å²) < 4.78 is 5.22. The van der Waals surface area contributed by atoms with E-state index in [4.69, 9.17) is 10.5 Å². The maximum atomic E-state index is 12.7. The molecule has 198 valence electrons. The first kappa shape index (κ1) is 31.9. The highest BCUT2D eigenvalue weighted by Crippen LogP contribution is 2.12. The second-order valence-electron chi connectivity index (χ2n) is 7.99. The Kier molecular flexibility index (Phi) is 18.4. The summed E-state index contributed by atoms with van der Waals surface area (Å²) in [6.45, 7) is 9.35. The molecule has 0 aromatic heterocycles. The molecule has 1 rings (SSSR count). The molecule has 1 atom stereocenters. The topological polar surface area (TPSA) is 152 Å². The lowest BCUT2D eigenvalue weighted by Crippen LogP contribution is -2.47. The molecular weight excluding hydrogens is 450 g/mol. The van der Waals surface area contributed by atoms with E-state index in [1.807, 2.05) is 13.8 Å². The SMILES string of the molecule is CCC.CCCCC(=O)OCc1ccc(NC(=O)C(CCCNC(N)=O)NC(=O)CNCC)cc1.